The maximum Gasteiger partial charge on any atom is 0.346 e. The van der Waals surface area contributed by atoms with Crippen molar-refractivity contribution in [2.45, 2.75) is 12.2 Å². The molecule has 112 valence electrons. The Morgan fingerprint density at radius 3 is 2.41 bits per heavy atom. The van der Waals surface area contributed by atoms with Gasteiger partial charge in [-0.3, -0.25) is 0 Å². The van der Waals surface area contributed by atoms with Gasteiger partial charge in [0.2, 0.25) is 0 Å². The monoisotopic (exact) mass is 316 g/mol. The molecular formula is C16H14NO4S+. The van der Waals surface area contributed by atoms with Gasteiger partial charge in [0.1, 0.15) is 28.2 Å². The van der Waals surface area contributed by atoms with E-state index >= 15 is 0 Å². The lowest BCUT2D eigenvalue weighted by molar-refractivity contribution is -0.132. The van der Waals surface area contributed by atoms with Gasteiger partial charge in [-0.05, 0) is 45.9 Å². The minimum atomic E-state index is -1.30. The van der Waals surface area contributed by atoms with Crippen LogP contribution < -0.4 is 0 Å². The molecule has 0 amide bonds. The van der Waals surface area contributed by atoms with Crippen LogP contribution in [0.1, 0.15) is 12.0 Å². The molecule has 0 bridgehead atoms. The summed E-state index contributed by atoms with van der Waals surface area (Å²) in [7, 11) is -0.0726. The Balaban J connectivity index is 2.43. The van der Waals surface area contributed by atoms with Crippen LogP contribution in [0.5, 0.6) is 11.5 Å². The Morgan fingerprint density at radius 1 is 1.18 bits per heavy atom. The number of thiophene rings is 1. The molecule has 1 heterocycles. The van der Waals surface area contributed by atoms with E-state index in [4.69, 9.17) is 5.26 Å². The molecule has 1 aromatic heterocycles. The molecule has 1 aromatic carbocycles. The van der Waals surface area contributed by atoms with E-state index in [2.05, 4.69) is 0 Å². The summed E-state index contributed by atoms with van der Waals surface area (Å²) in [6, 6.07) is 9.62. The van der Waals surface area contributed by atoms with Crippen molar-refractivity contribution in [2.24, 2.45) is 0 Å². The largest absolute Gasteiger partial charge is 0.504 e. The highest BCUT2D eigenvalue weighted by Gasteiger charge is 2.18. The number of carboxylic acids is 1. The van der Waals surface area contributed by atoms with Crippen molar-refractivity contribution in [2.75, 3.05) is 0 Å². The number of carbonyl (C=O) groups is 1. The molecule has 0 saturated carbocycles. The Hall–Kier alpha value is -2.78. The van der Waals surface area contributed by atoms with Gasteiger partial charge in [-0.1, -0.05) is 6.07 Å². The molecule has 3 N–H and O–H groups in total. The first-order valence-electron chi connectivity index (χ1n) is 6.45. The smallest absolute Gasteiger partial charge is 0.346 e. The van der Waals surface area contributed by atoms with Crippen molar-refractivity contribution in [3.63, 3.8) is 0 Å². The van der Waals surface area contributed by atoms with Crippen molar-refractivity contribution >= 4 is 22.0 Å². The number of hydrogen-bond donors (Lipinski definition) is 3. The number of nitriles is 1. The Bertz CT molecular complexity index is 757. The normalized spacial score (nSPS) is 11.6. The quantitative estimate of drug-likeness (QED) is 0.340. The summed E-state index contributed by atoms with van der Waals surface area (Å²) in [5.74, 6) is -1.25. The average molecular weight is 316 g/mol. The van der Waals surface area contributed by atoms with E-state index in [0.29, 0.717) is 23.3 Å². The first kappa shape index (κ1) is 15.6. The third-order valence-electron chi connectivity index (χ3n) is 3.16. The molecule has 0 aliphatic heterocycles. The Morgan fingerprint density at radius 2 is 1.86 bits per heavy atom. The number of phenolic OH excluding ortho intramolecular Hbond substituents is 2. The maximum absolute atomic E-state index is 11.3. The molecule has 2 aromatic rings. The van der Waals surface area contributed by atoms with Gasteiger partial charge in [-0.25, -0.2) is 4.79 Å². The highest BCUT2D eigenvalue weighted by Crippen LogP contribution is 2.33. The number of aryl methyl sites for hydroxylation is 1. The summed E-state index contributed by atoms with van der Waals surface area (Å²) in [5.41, 5.74) is 0.428. The van der Waals surface area contributed by atoms with Crippen molar-refractivity contribution < 1.29 is 20.1 Å². The highest BCUT2D eigenvalue weighted by molar-refractivity contribution is 7.27. The minimum absolute atomic E-state index is 0.0726. The van der Waals surface area contributed by atoms with Gasteiger partial charge in [0, 0.05) is 6.42 Å². The second kappa shape index (κ2) is 6.78. The third-order valence-corrected chi connectivity index (χ3v) is 4.85. The first-order valence-corrected chi connectivity index (χ1v) is 7.97. The number of benzene rings is 1. The van der Waals surface area contributed by atoms with Crippen molar-refractivity contribution in [3.8, 4) is 17.6 Å². The third kappa shape index (κ3) is 3.45. The predicted octanol–water partition coefficient (Wildman–Crippen LogP) is 3.30. The van der Waals surface area contributed by atoms with Crippen LogP contribution in [0, 0.1) is 11.3 Å². The molecule has 0 radical (unpaired) electrons. The number of aromatic hydroxyl groups is 2. The molecule has 6 heteroatoms. The van der Waals surface area contributed by atoms with Crippen molar-refractivity contribution in [1.82, 2.24) is 0 Å². The van der Waals surface area contributed by atoms with Crippen LogP contribution in [-0.4, -0.2) is 21.3 Å². The number of nitrogens with zero attached hydrogens (tertiary/aromatic N) is 1. The summed E-state index contributed by atoms with van der Waals surface area (Å²) < 4.78 is 0. The van der Waals surface area contributed by atoms with Crippen LogP contribution in [0.15, 0.2) is 46.7 Å². The van der Waals surface area contributed by atoms with E-state index in [1.165, 1.54) is 18.2 Å². The molecular weight excluding hydrogens is 302 g/mol. The number of carboxylic acid groups (broad SMARTS) is 1. The summed E-state index contributed by atoms with van der Waals surface area (Å²) in [4.78, 5) is 11.3. The van der Waals surface area contributed by atoms with Gasteiger partial charge >= 0.3 is 5.97 Å². The molecule has 0 fully saturated rings. The Labute approximate surface area is 130 Å². The second-order valence-corrected chi connectivity index (χ2v) is 6.45. The lowest BCUT2D eigenvalue weighted by atomic mass is 9.97. The summed E-state index contributed by atoms with van der Waals surface area (Å²) in [5, 5.41) is 41.3. The van der Waals surface area contributed by atoms with Crippen LogP contribution in [-0.2, 0) is 10.5 Å². The van der Waals surface area contributed by atoms with E-state index in [9.17, 15) is 20.1 Å². The molecule has 0 spiro atoms. The van der Waals surface area contributed by atoms with Gasteiger partial charge < -0.3 is 15.3 Å². The Kier molecular flexibility index (Phi) is 4.81. The predicted molar refractivity (Wildman–Crippen MR) is 83.5 cm³/mol. The van der Waals surface area contributed by atoms with Gasteiger partial charge in [0.15, 0.2) is 11.5 Å². The van der Waals surface area contributed by atoms with E-state index in [1.54, 1.807) is 6.07 Å². The molecule has 0 atom stereocenters. The molecule has 0 aliphatic carbocycles. The number of rotatable bonds is 5. The summed E-state index contributed by atoms with van der Waals surface area (Å²) >= 11 is 0. The van der Waals surface area contributed by atoms with Gasteiger partial charge in [0.05, 0.1) is 0 Å². The number of hydrogen-bond acceptors (Lipinski definition) is 4. The number of allylic oxidation sites excluding steroid dienone is 1. The molecule has 22 heavy (non-hydrogen) atoms. The van der Waals surface area contributed by atoms with Crippen LogP contribution in [0.4, 0.5) is 0 Å². The zero-order valence-electron chi connectivity index (χ0n) is 11.6. The fourth-order valence-electron chi connectivity index (χ4n) is 2.06. The van der Waals surface area contributed by atoms with E-state index in [1.807, 2.05) is 22.9 Å². The summed E-state index contributed by atoms with van der Waals surface area (Å²) in [6.45, 7) is 0. The zero-order valence-corrected chi connectivity index (χ0v) is 12.4. The average Bonchev–Trinajstić information content (AvgIpc) is 2.99. The van der Waals surface area contributed by atoms with Gasteiger partial charge in [-0.15, -0.1) is 0 Å². The van der Waals surface area contributed by atoms with Gasteiger partial charge in [-0.2, -0.15) is 5.26 Å². The molecule has 0 unspecified atom stereocenters. The van der Waals surface area contributed by atoms with Crippen molar-refractivity contribution in [3.05, 3.63) is 52.2 Å². The number of aliphatic carboxylic acids is 1. The van der Waals surface area contributed by atoms with Crippen LogP contribution >= 0.6 is 10.5 Å². The lowest BCUT2D eigenvalue weighted by Gasteiger charge is -2.08. The van der Waals surface area contributed by atoms with Crippen LogP contribution in [0.3, 0.4) is 0 Å². The summed E-state index contributed by atoms with van der Waals surface area (Å²) in [6.07, 6.45) is 0.386. The first-order chi connectivity index (χ1) is 10.5. The minimum Gasteiger partial charge on any atom is -0.504 e. The van der Waals surface area contributed by atoms with Crippen LogP contribution in [0.25, 0.3) is 5.57 Å². The van der Waals surface area contributed by atoms with E-state index in [0.717, 1.165) is 0 Å². The number of phenols is 2. The van der Waals surface area contributed by atoms with E-state index in [-0.39, 0.29) is 27.5 Å². The topological polar surface area (TPSA) is 102 Å². The molecule has 0 saturated heterocycles. The van der Waals surface area contributed by atoms with Crippen molar-refractivity contribution in [1.29, 1.82) is 5.26 Å². The molecule has 5 nitrogen and oxygen atoms in total. The fourth-order valence-corrected chi connectivity index (χ4v) is 3.45. The van der Waals surface area contributed by atoms with E-state index < -0.39 is 5.97 Å². The van der Waals surface area contributed by atoms with Crippen LogP contribution in [0.2, 0.25) is 0 Å². The lowest BCUT2D eigenvalue weighted by Crippen LogP contribution is -2.03. The SMILES string of the molecule is N#CC(C(=O)O)=C(CC[s+]1cccc1)c1ccc(O)c(O)c1. The zero-order chi connectivity index (χ0) is 16.1. The standard InChI is InChI=1S/C16H13NO4S/c17-10-13(16(20)21)12(5-8-22-6-1-2-7-22)11-3-4-14(18)15(19)9-11/h1-4,6-7,9H,5,8H2,(H2-,18,19,20,21)/p+1. The molecule has 0 aliphatic rings. The maximum atomic E-state index is 11.3. The fraction of sp³-hybridized carbons (Fsp3) is 0.125. The molecule has 2 rings (SSSR count). The second-order valence-electron chi connectivity index (χ2n) is 4.55. The highest BCUT2D eigenvalue weighted by atomic mass is 32.2. The van der Waals surface area contributed by atoms with Gasteiger partial charge in [0.25, 0.3) is 0 Å².